The molecule has 0 spiro atoms. The number of anilines is 1. The lowest BCUT2D eigenvalue weighted by Crippen LogP contribution is -2.45. The minimum atomic E-state index is -0.805. The number of carbonyl (C=O) groups excluding carboxylic acids is 2. The Morgan fingerprint density at radius 1 is 1.29 bits per heavy atom. The summed E-state index contributed by atoms with van der Waals surface area (Å²) in [5.74, 6) is -0.400. The molecule has 6 heteroatoms. The standard InChI is InChI=1S/C11H12Br2N2O2/c1-11(13,7-12)9(16)15-10(17)14-8-5-3-2-4-6-8/h2-6H,7H2,1H3,(H2,14,15,16,17). The number of benzene rings is 1. The molecule has 1 atom stereocenters. The molecule has 1 aromatic rings. The first-order valence-corrected chi connectivity index (χ1v) is 6.79. The first-order valence-electron chi connectivity index (χ1n) is 4.88. The van der Waals surface area contributed by atoms with Crippen LogP contribution in [0.4, 0.5) is 10.5 Å². The van der Waals surface area contributed by atoms with E-state index in [1.165, 1.54) is 0 Å². The van der Waals surface area contributed by atoms with Gasteiger partial charge in [0.15, 0.2) is 0 Å². The molecular weight excluding hydrogens is 352 g/mol. The number of hydrogen-bond donors (Lipinski definition) is 2. The Labute approximate surface area is 116 Å². The maximum atomic E-state index is 11.6. The van der Waals surface area contributed by atoms with Crippen LogP contribution in [0.1, 0.15) is 6.92 Å². The number of alkyl halides is 2. The Balaban J connectivity index is 2.54. The van der Waals surface area contributed by atoms with Gasteiger partial charge >= 0.3 is 6.03 Å². The molecule has 0 aromatic heterocycles. The van der Waals surface area contributed by atoms with Gasteiger partial charge in [-0.15, -0.1) is 0 Å². The number of para-hydroxylation sites is 1. The molecule has 0 radical (unpaired) electrons. The summed E-state index contributed by atoms with van der Waals surface area (Å²) in [6, 6.07) is 8.36. The second-order valence-electron chi connectivity index (χ2n) is 3.61. The van der Waals surface area contributed by atoms with Gasteiger partial charge in [-0.2, -0.15) is 0 Å². The summed E-state index contributed by atoms with van der Waals surface area (Å²) >= 11 is 6.41. The van der Waals surface area contributed by atoms with E-state index in [0.717, 1.165) is 0 Å². The number of imide groups is 1. The summed E-state index contributed by atoms with van der Waals surface area (Å²) in [7, 11) is 0. The Bertz CT molecular complexity index is 407. The molecule has 0 saturated heterocycles. The molecule has 0 heterocycles. The fourth-order valence-corrected chi connectivity index (χ4v) is 1.33. The van der Waals surface area contributed by atoms with E-state index in [9.17, 15) is 9.59 Å². The molecule has 3 amide bonds. The maximum Gasteiger partial charge on any atom is 0.325 e. The molecule has 1 aromatic carbocycles. The predicted octanol–water partition coefficient (Wildman–Crippen LogP) is 2.88. The minimum Gasteiger partial charge on any atom is -0.308 e. The Kier molecular flexibility index (Phi) is 5.14. The average molecular weight is 364 g/mol. The summed E-state index contributed by atoms with van der Waals surface area (Å²) < 4.78 is -0.805. The van der Waals surface area contributed by atoms with Gasteiger partial charge < -0.3 is 5.32 Å². The van der Waals surface area contributed by atoms with E-state index in [1.807, 2.05) is 6.07 Å². The van der Waals surface area contributed by atoms with E-state index in [0.29, 0.717) is 11.0 Å². The molecule has 1 unspecified atom stereocenters. The Hall–Kier alpha value is -0.880. The lowest BCUT2D eigenvalue weighted by Gasteiger charge is -2.17. The zero-order chi connectivity index (χ0) is 12.9. The van der Waals surface area contributed by atoms with Crippen molar-refractivity contribution in [2.75, 3.05) is 10.6 Å². The highest BCUT2D eigenvalue weighted by Gasteiger charge is 2.29. The summed E-state index contributed by atoms with van der Waals surface area (Å²) in [6.45, 7) is 1.67. The van der Waals surface area contributed by atoms with E-state index in [-0.39, 0.29) is 0 Å². The number of amides is 3. The van der Waals surface area contributed by atoms with E-state index < -0.39 is 16.3 Å². The fourth-order valence-electron chi connectivity index (χ4n) is 0.978. The van der Waals surface area contributed by atoms with Gasteiger partial charge in [0.1, 0.15) is 4.32 Å². The summed E-state index contributed by atoms with van der Waals surface area (Å²) in [5, 5.41) is 5.22. The first-order chi connectivity index (χ1) is 7.95. The minimum absolute atomic E-state index is 0.400. The van der Waals surface area contributed by atoms with Crippen LogP contribution in [-0.4, -0.2) is 21.6 Å². The van der Waals surface area contributed by atoms with Gasteiger partial charge in [0.25, 0.3) is 0 Å². The van der Waals surface area contributed by atoms with Crippen LogP contribution in [0.15, 0.2) is 30.3 Å². The van der Waals surface area contributed by atoms with Gasteiger partial charge in [-0.05, 0) is 19.1 Å². The molecule has 92 valence electrons. The average Bonchev–Trinajstić information content (AvgIpc) is 2.30. The lowest BCUT2D eigenvalue weighted by molar-refractivity contribution is -0.121. The van der Waals surface area contributed by atoms with Crippen LogP contribution in [0.5, 0.6) is 0 Å². The number of rotatable bonds is 3. The SMILES string of the molecule is CC(Br)(CBr)C(=O)NC(=O)Nc1ccccc1. The fraction of sp³-hybridized carbons (Fsp3) is 0.273. The normalized spacial score (nSPS) is 13.6. The van der Waals surface area contributed by atoms with E-state index in [4.69, 9.17) is 0 Å². The number of urea groups is 1. The monoisotopic (exact) mass is 362 g/mol. The molecule has 0 saturated carbocycles. The highest BCUT2D eigenvalue weighted by Crippen LogP contribution is 2.19. The smallest absolute Gasteiger partial charge is 0.308 e. The third kappa shape index (κ3) is 4.47. The molecule has 0 aliphatic carbocycles. The van der Waals surface area contributed by atoms with Crippen molar-refractivity contribution in [1.29, 1.82) is 0 Å². The van der Waals surface area contributed by atoms with Crippen molar-refractivity contribution < 1.29 is 9.59 Å². The Morgan fingerprint density at radius 3 is 2.41 bits per heavy atom. The largest absolute Gasteiger partial charge is 0.325 e. The van der Waals surface area contributed by atoms with Gasteiger partial charge in [0, 0.05) is 11.0 Å². The van der Waals surface area contributed by atoms with Crippen molar-refractivity contribution in [2.45, 2.75) is 11.2 Å². The number of hydrogen-bond acceptors (Lipinski definition) is 2. The summed E-state index contributed by atoms with van der Waals surface area (Å²) in [6.07, 6.45) is 0. The zero-order valence-electron chi connectivity index (χ0n) is 9.17. The molecular formula is C11H12Br2N2O2. The van der Waals surface area contributed by atoms with Gasteiger partial charge in [-0.3, -0.25) is 10.1 Å². The third-order valence-electron chi connectivity index (χ3n) is 1.98. The zero-order valence-corrected chi connectivity index (χ0v) is 12.3. The van der Waals surface area contributed by atoms with Crippen molar-refractivity contribution in [3.05, 3.63) is 30.3 Å². The van der Waals surface area contributed by atoms with Crippen molar-refractivity contribution in [1.82, 2.24) is 5.32 Å². The number of halogens is 2. The molecule has 0 fully saturated rings. The summed E-state index contributed by atoms with van der Waals surface area (Å²) in [5.41, 5.74) is 0.632. The topological polar surface area (TPSA) is 58.2 Å². The molecule has 0 aliphatic rings. The highest BCUT2D eigenvalue weighted by molar-refractivity contribution is 9.12. The second-order valence-corrected chi connectivity index (χ2v) is 5.92. The van der Waals surface area contributed by atoms with E-state index in [1.54, 1.807) is 31.2 Å². The Morgan fingerprint density at radius 2 is 1.88 bits per heavy atom. The molecule has 0 aliphatic heterocycles. The maximum absolute atomic E-state index is 11.6. The van der Waals surface area contributed by atoms with Crippen LogP contribution < -0.4 is 10.6 Å². The van der Waals surface area contributed by atoms with Crippen molar-refractivity contribution in [2.24, 2.45) is 0 Å². The molecule has 0 bridgehead atoms. The van der Waals surface area contributed by atoms with Crippen LogP contribution in [-0.2, 0) is 4.79 Å². The summed E-state index contributed by atoms with van der Waals surface area (Å²) in [4.78, 5) is 23.2. The third-order valence-corrected chi connectivity index (χ3v) is 4.50. The first kappa shape index (κ1) is 14.2. The van der Waals surface area contributed by atoms with Crippen LogP contribution in [0.25, 0.3) is 0 Å². The molecule has 2 N–H and O–H groups in total. The quantitative estimate of drug-likeness (QED) is 0.811. The van der Waals surface area contributed by atoms with Crippen LogP contribution >= 0.6 is 31.9 Å². The van der Waals surface area contributed by atoms with E-state index >= 15 is 0 Å². The van der Waals surface area contributed by atoms with Crippen molar-refractivity contribution in [3.63, 3.8) is 0 Å². The van der Waals surface area contributed by atoms with Gasteiger partial charge in [-0.25, -0.2) is 4.79 Å². The van der Waals surface area contributed by atoms with E-state index in [2.05, 4.69) is 42.5 Å². The molecule has 17 heavy (non-hydrogen) atoms. The van der Waals surface area contributed by atoms with Gasteiger partial charge in [0.05, 0.1) is 0 Å². The van der Waals surface area contributed by atoms with Crippen molar-refractivity contribution in [3.8, 4) is 0 Å². The van der Waals surface area contributed by atoms with Gasteiger partial charge in [-0.1, -0.05) is 50.1 Å². The van der Waals surface area contributed by atoms with Crippen LogP contribution in [0, 0.1) is 0 Å². The second kappa shape index (κ2) is 6.16. The van der Waals surface area contributed by atoms with Crippen LogP contribution in [0.3, 0.4) is 0 Å². The van der Waals surface area contributed by atoms with Crippen LogP contribution in [0.2, 0.25) is 0 Å². The number of carbonyl (C=O) groups is 2. The molecule has 4 nitrogen and oxygen atoms in total. The highest BCUT2D eigenvalue weighted by atomic mass is 79.9. The lowest BCUT2D eigenvalue weighted by atomic mass is 10.2. The van der Waals surface area contributed by atoms with Crippen molar-refractivity contribution >= 4 is 49.5 Å². The van der Waals surface area contributed by atoms with Gasteiger partial charge in [0.2, 0.25) is 5.91 Å². The predicted molar refractivity (Wildman–Crippen MR) is 74.7 cm³/mol. The number of nitrogens with one attached hydrogen (secondary N) is 2. The molecule has 1 rings (SSSR count).